The summed E-state index contributed by atoms with van der Waals surface area (Å²) in [6.45, 7) is 0.778. The summed E-state index contributed by atoms with van der Waals surface area (Å²) in [5.74, 6) is 2.58. The fraction of sp³-hybridized carbons (Fsp3) is 0.308. The molecule has 1 aliphatic rings. The average Bonchev–Trinajstić information content (AvgIpc) is 3.09. The first kappa shape index (κ1) is 11.6. The molecule has 0 amide bonds. The van der Waals surface area contributed by atoms with E-state index in [2.05, 4.69) is 21.1 Å². The lowest BCUT2D eigenvalue weighted by atomic mass is 10.1. The van der Waals surface area contributed by atoms with Gasteiger partial charge in [0, 0.05) is 11.6 Å². The number of nitrogens with two attached hydrogens (primary N) is 1. The monoisotopic (exact) mass is 308 g/mol. The Labute approximate surface area is 113 Å². The first-order chi connectivity index (χ1) is 8.72. The highest BCUT2D eigenvalue weighted by Gasteiger charge is 2.22. The maximum Gasteiger partial charge on any atom is 0.169 e. The lowest BCUT2D eigenvalue weighted by Gasteiger charge is -2.08. The number of benzene rings is 1. The molecule has 1 aromatic heterocycles. The largest absolute Gasteiger partial charge is 0.492 e. The molecule has 0 radical (unpaired) electrons. The Morgan fingerprint density at radius 2 is 2.22 bits per heavy atom. The summed E-state index contributed by atoms with van der Waals surface area (Å²) in [6, 6.07) is 7.52. The summed E-state index contributed by atoms with van der Waals surface area (Å²) in [5.41, 5.74) is 6.46. The van der Waals surface area contributed by atoms with Crippen LogP contribution in [0.4, 0.5) is 5.82 Å². The van der Waals surface area contributed by atoms with E-state index in [0.717, 1.165) is 28.3 Å². The molecule has 0 bridgehead atoms. The van der Waals surface area contributed by atoms with E-state index >= 15 is 0 Å². The van der Waals surface area contributed by atoms with Crippen molar-refractivity contribution in [2.45, 2.75) is 12.8 Å². The number of rotatable bonds is 4. The third-order valence-electron chi connectivity index (χ3n) is 2.92. The molecule has 3 rings (SSSR count). The zero-order valence-electron chi connectivity index (χ0n) is 9.73. The molecule has 1 fully saturated rings. The van der Waals surface area contributed by atoms with Crippen LogP contribution in [0.1, 0.15) is 12.8 Å². The Bertz CT molecular complexity index is 564. The lowest BCUT2D eigenvalue weighted by Crippen LogP contribution is -1.99. The van der Waals surface area contributed by atoms with E-state index in [-0.39, 0.29) is 0 Å². The number of nitrogens with zero attached hydrogens (tertiary/aromatic N) is 1. The fourth-order valence-electron chi connectivity index (χ4n) is 1.68. The molecule has 94 valence electrons. The Morgan fingerprint density at radius 1 is 1.39 bits per heavy atom. The van der Waals surface area contributed by atoms with Gasteiger partial charge in [-0.25, -0.2) is 0 Å². The van der Waals surface area contributed by atoms with Gasteiger partial charge >= 0.3 is 0 Å². The van der Waals surface area contributed by atoms with E-state index in [1.54, 1.807) is 6.07 Å². The van der Waals surface area contributed by atoms with Gasteiger partial charge in [0.25, 0.3) is 0 Å². The maximum absolute atomic E-state index is 5.79. The molecule has 0 saturated heterocycles. The smallest absolute Gasteiger partial charge is 0.169 e. The Morgan fingerprint density at radius 3 is 2.89 bits per heavy atom. The zero-order chi connectivity index (χ0) is 12.5. The summed E-state index contributed by atoms with van der Waals surface area (Å²) in [7, 11) is 0. The average molecular weight is 309 g/mol. The van der Waals surface area contributed by atoms with Crippen LogP contribution in [0.3, 0.4) is 0 Å². The molecule has 1 aromatic carbocycles. The van der Waals surface area contributed by atoms with Crippen LogP contribution in [0, 0.1) is 5.92 Å². The third-order valence-corrected chi connectivity index (χ3v) is 3.57. The van der Waals surface area contributed by atoms with Gasteiger partial charge in [-0.05, 0) is 52.9 Å². The van der Waals surface area contributed by atoms with Crippen molar-refractivity contribution in [1.82, 2.24) is 5.16 Å². The second-order valence-corrected chi connectivity index (χ2v) is 5.37. The molecule has 0 spiro atoms. The van der Waals surface area contributed by atoms with Gasteiger partial charge in [-0.15, -0.1) is 0 Å². The van der Waals surface area contributed by atoms with Gasteiger partial charge in [-0.1, -0.05) is 5.16 Å². The topological polar surface area (TPSA) is 61.3 Å². The van der Waals surface area contributed by atoms with Crippen LogP contribution >= 0.6 is 15.9 Å². The minimum atomic E-state index is 0.383. The highest BCUT2D eigenvalue weighted by Crippen LogP contribution is 2.34. The third kappa shape index (κ3) is 2.51. The number of hydrogen-bond acceptors (Lipinski definition) is 4. The van der Waals surface area contributed by atoms with Crippen molar-refractivity contribution in [2.24, 2.45) is 5.92 Å². The molecular formula is C13H13BrN2O2. The minimum Gasteiger partial charge on any atom is -0.492 e. The van der Waals surface area contributed by atoms with Gasteiger partial charge in [-0.2, -0.15) is 0 Å². The maximum atomic E-state index is 5.79. The number of nitrogen functional groups attached to an aromatic ring is 1. The van der Waals surface area contributed by atoms with E-state index in [9.17, 15) is 0 Å². The molecule has 1 aliphatic carbocycles. The molecule has 5 heteroatoms. The van der Waals surface area contributed by atoms with Gasteiger partial charge in [-0.3, -0.25) is 0 Å². The van der Waals surface area contributed by atoms with Crippen molar-refractivity contribution >= 4 is 21.7 Å². The van der Waals surface area contributed by atoms with Gasteiger partial charge in [0.2, 0.25) is 0 Å². The van der Waals surface area contributed by atoms with Gasteiger partial charge < -0.3 is 15.0 Å². The summed E-state index contributed by atoms with van der Waals surface area (Å²) in [6.07, 6.45) is 2.55. The molecule has 2 N–H and O–H groups in total. The molecule has 0 atom stereocenters. The van der Waals surface area contributed by atoms with Crippen LogP contribution in [-0.2, 0) is 0 Å². The highest BCUT2D eigenvalue weighted by molar-refractivity contribution is 9.10. The van der Waals surface area contributed by atoms with Gasteiger partial charge in [0.1, 0.15) is 5.75 Å². The molecule has 0 unspecified atom stereocenters. The van der Waals surface area contributed by atoms with Crippen molar-refractivity contribution in [2.75, 3.05) is 12.3 Å². The number of ether oxygens (including phenoxy) is 1. The summed E-state index contributed by atoms with van der Waals surface area (Å²) in [5, 5.41) is 3.68. The highest BCUT2D eigenvalue weighted by atomic mass is 79.9. The van der Waals surface area contributed by atoms with Crippen molar-refractivity contribution < 1.29 is 9.26 Å². The number of aromatic nitrogens is 1. The molecule has 1 saturated carbocycles. The van der Waals surface area contributed by atoms with E-state index in [0.29, 0.717) is 11.6 Å². The molecular weight excluding hydrogens is 296 g/mol. The van der Waals surface area contributed by atoms with Crippen LogP contribution in [0.2, 0.25) is 0 Å². The standard InChI is InChI=1S/C13H13BrN2O2/c14-10-4-3-9(11-6-13(15)16-18-11)5-12(10)17-7-8-1-2-8/h3-6,8H,1-2,7H2,(H2,15,16). The van der Waals surface area contributed by atoms with E-state index < -0.39 is 0 Å². The van der Waals surface area contributed by atoms with Crippen molar-refractivity contribution in [3.05, 3.63) is 28.7 Å². The summed E-state index contributed by atoms with van der Waals surface area (Å²) < 4.78 is 11.9. The second kappa shape index (κ2) is 4.65. The zero-order valence-corrected chi connectivity index (χ0v) is 11.3. The van der Waals surface area contributed by atoms with Crippen molar-refractivity contribution in [1.29, 1.82) is 0 Å². The predicted molar refractivity (Wildman–Crippen MR) is 72.3 cm³/mol. The minimum absolute atomic E-state index is 0.383. The molecule has 0 aliphatic heterocycles. The first-order valence-corrected chi connectivity index (χ1v) is 6.66. The quantitative estimate of drug-likeness (QED) is 0.939. The Hall–Kier alpha value is -1.49. The van der Waals surface area contributed by atoms with Crippen LogP contribution in [0.5, 0.6) is 5.75 Å². The van der Waals surface area contributed by atoms with E-state index in [1.165, 1.54) is 12.8 Å². The molecule has 1 heterocycles. The van der Waals surface area contributed by atoms with Crippen LogP contribution in [-0.4, -0.2) is 11.8 Å². The van der Waals surface area contributed by atoms with E-state index in [1.807, 2.05) is 18.2 Å². The number of anilines is 1. The van der Waals surface area contributed by atoms with Gasteiger partial charge in [0.05, 0.1) is 11.1 Å². The number of hydrogen-bond donors (Lipinski definition) is 1. The molecule has 4 nitrogen and oxygen atoms in total. The van der Waals surface area contributed by atoms with Gasteiger partial charge in [0.15, 0.2) is 11.6 Å². The van der Waals surface area contributed by atoms with Crippen molar-refractivity contribution in [3.8, 4) is 17.1 Å². The van der Waals surface area contributed by atoms with E-state index in [4.69, 9.17) is 15.0 Å². The lowest BCUT2D eigenvalue weighted by molar-refractivity contribution is 0.298. The predicted octanol–water partition coefficient (Wildman–Crippen LogP) is 3.48. The van der Waals surface area contributed by atoms with Crippen LogP contribution in [0.25, 0.3) is 11.3 Å². The fourth-order valence-corrected chi connectivity index (χ4v) is 2.05. The molecule has 2 aromatic rings. The Balaban J connectivity index is 1.84. The number of halogens is 1. The summed E-state index contributed by atoms with van der Waals surface area (Å²) in [4.78, 5) is 0. The van der Waals surface area contributed by atoms with Crippen molar-refractivity contribution in [3.63, 3.8) is 0 Å². The SMILES string of the molecule is Nc1cc(-c2ccc(Br)c(OCC3CC3)c2)on1. The van der Waals surface area contributed by atoms with Crippen LogP contribution < -0.4 is 10.5 Å². The first-order valence-electron chi connectivity index (χ1n) is 5.87. The summed E-state index contributed by atoms with van der Waals surface area (Å²) >= 11 is 3.48. The molecule has 18 heavy (non-hydrogen) atoms. The van der Waals surface area contributed by atoms with Crippen LogP contribution in [0.15, 0.2) is 33.3 Å². The Kier molecular flexibility index (Phi) is 2.99. The second-order valence-electron chi connectivity index (χ2n) is 4.52. The normalized spacial score (nSPS) is 14.7.